The van der Waals surface area contributed by atoms with E-state index >= 15 is 0 Å². The molecule has 1 aliphatic heterocycles. The second-order valence-electron chi connectivity index (χ2n) is 5.95. The van der Waals surface area contributed by atoms with Crippen molar-refractivity contribution in [2.75, 3.05) is 13.2 Å². The first-order chi connectivity index (χ1) is 12.4. The molecule has 3 rings (SSSR count). The van der Waals surface area contributed by atoms with Crippen molar-refractivity contribution in [2.45, 2.75) is 11.3 Å². The molecule has 1 heterocycles. The Labute approximate surface area is 151 Å². The third-order valence-electron chi connectivity index (χ3n) is 3.94. The van der Waals surface area contributed by atoms with Crippen molar-refractivity contribution in [1.29, 1.82) is 0 Å². The highest BCUT2D eigenvalue weighted by molar-refractivity contribution is 8.45. The van der Waals surface area contributed by atoms with Gasteiger partial charge in [-0.25, -0.2) is 0 Å². The maximum Gasteiger partial charge on any atom is 0.310 e. The highest BCUT2D eigenvalue weighted by atomic mass is 32.5. The Morgan fingerprint density at radius 2 is 1.33 bits per heavy atom. The van der Waals surface area contributed by atoms with Gasteiger partial charge in [-0.1, -0.05) is 31.6 Å². The van der Waals surface area contributed by atoms with Gasteiger partial charge in [-0.05, 0) is 42.8 Å². The predicted molar refractivity (Wildman–Crippen MR) is 89.8 cm³/mol. The second-order valence-corrected chi connectivity index (χ2v) is 8.36. The number of nitrogens with zero attached hydrogens (tertiary/aromatic N) is 1. The van der Waals surface area contributed by atoms with Gasteiger partial charge in [0.1, 0.15) is 10.6 Å². The molecule has 0 saturated heterocycles. The molecular weight excluding hydrogens is 393 g/mol. The fourth-order valence-electron chi connectivity index (χ4n) is 2.65. The van der Waals surface area contributed by atoms with Crippen molar-refractivity contribution in [2.24, 2.45) is 0 Å². The van der Waals surface area contributed by atoms with Crippen molar-refractivity contribution in [3.63, 3.8) is 0 Å². The van der Waals surface area contributed by atoms with Gasteiger partial charge in [0.15, 0.2) is 0 Å². The summed E-state index contributed by atoms with van der Waals surface area (Å²) in [5.74, 6) is -0.866. The van der Waals surface area contributed by atoms with Crippen LogP contribution in [0.5, 0.6) is 5.75 Å². The molecule has 0 N–H and O–H groups in total. The number of fused-ring (bicyclic) bond motifs is 1. The third-order valence-corrected chi connectivity index (χ3v) is 5.11. The first-order valence-corrected chi connectivity index (χ1v) is 9.74. The Morgan fingerprint density at radius 1 is 0.815 bits per heavy atom. The minimum Gasteiger partial charge on any atom is -0.494 e. The monoisotopic (exact) mass is 407 g/mol. The van der Waals surface area contributed by atoms with Crippen LogP contribution in [0.4, 0.5) is 19.4 Å². The average Bonchev–Trinajstić information content (AvgIpc) is 2.82. The highest BCUT2D eigenvalue weighted by Crippen LogP contribution is 3.02. The Morgan fingerprint density at radius 3 is 1.81 bits per heavy atom. The lowest BCUT2D eigenvalue weighted by Crippen LogP contribution is -2.31. The quantitative estimate of drug-likeness (QED) is 0.366. The number of rotatable bonds is 6. The molecule has 0 radical (unpaired) electrons. The summed E-state index contributed by atoms with van der Waals surface area (Å²) in [5.41, 5.74) is 0.630. The molecule has 0 spiro atoms. The minimum atomic E-state index is -9.70. The Balaban J connectivity index is 1.55. The summed E-state index contributed by atoms with van der Waals surface area (Å²) in [4.78, 5) is 23.4. The number of carbonyl (C=O) groups is 2. The number of hydrogen-bond donors (Lipinski definition) is 0. The second kappa shape index (κ2) is 5.69. The van der Waals surface area contributed by atoms with E-state index in [1.54, 1.807) is 24.3 Å². The molecule has 146 valence electrons. The molecule has 10 heteroatoms. The van der Waals surface area contributed by atoms with Crippen molar-refractivity contribution in [3.8, 4) is 5.75 Å². The zero-order valence-corrected chi connectivity index (χ0v) is 14.5. The molecule has 4 nitrogen and oxygen atoms in total. The van der Waals surface area contributed by atoms with Crippen LogP contribution < -0.4 is 4.74 Å². The zero-order chi connectivity index (χ0) is 19.9. The molecule has 2 aromatic carbocycles. The van der Waals surface area contributed by atoms with E-state index in [9.17, 15) is 29.0 Å². The Hall–Kier alpha value is -2.62. The summed E-state index contributed by atoms with van der Waals surface area (Å²) in [6, 6.07) is 8.52. The van der Waals surface area contributed by atoms with Crippen LogP contribution in [0.2, 0.25) is 0 Å². The first-order valence-electron chi connectivity index (χ1n) is 7.79. The van der Waals surface area contributed by atoms with Crippen LogP contribution >= 0.6 is 10.2 Å². The molecule has 0 atom stereocenters. The van der Waals surface area contributed by atoms with E-state index in [1.165, 1.54) is 0 Å². The van der Waals surface area contributed by atoms with Gasteiger partial charge in [-0.3, -0.25) is 14.5 Å². The zero-order valence-electron chi connectivity index (χ0n) is 13.7. The van der Waals surface area contributed by atoms with Crippen LogP contribution in [0.25, 0.3) is 0 Å². The highest BCUT2D eigenvalue weighted by Gasteiger charge is 2.65. The number of ether oxygens (including phenoxy) is 1. The maximum absolute atomic E-state index is 12.6. The number of halogens is 5. The summed E-state index contributed by atoms with van der Waals surface area (Å²) in [5, 5.41) is 0. The SMILES string of the molecule is O=C1c2ccccc2C(=O)N1CCCOc1ccc(S(F)(F)(F)(F)F)cc1. The lowest BCUT2D eigenvalue weighted by atomic mass is 10.1. The van der Waals surface area contributed by atoms with Gasteiger partial charge < -0.3 is 4.74 Å². The first kappa shape index (κ1) is 19.2. The number of amides is 2. The van der Waals surface area contributed by atoms with Crippen molar-refractivity contribution in [3.05, 3.63) is 59.7 Å². The van der Waals surface area contributed by atoms with Crippen LogP contribution in [-0.4, -0.2) is 29.9 Å². The standard InChI is InChI=1S/C17H14F5NO3S/c18-27(19,20,21,22)13-8-6-12(7-9-13)26-11-3-10-23-16(24)14-4-1-2-5-15(14)17(23)25/h1-2,4-9H,3,10-11H2. The summed E-state index contributed by atoms with van der Waals surface area (Å²) in [6.07, 6.45) is 0.231. The maximum atomic E-state index is 12.6. The van der Waals surface area contributed by atoms with E-state index in [1.807, 2.05) is 0 Å². The minimum absolute atomic E-state index is 0.0108. The number of carbonyl (C=O) groups excluding carboxylic acids is 2. The summed E-state index contributed by atoms with van der Waals surface area (Å²) in [6.45, 7) is 0.0546. The average molecular weight is 407 g/mol. The van der Waals surface area contributed by atoms with Crippen LogP contribution in [0.15, 0.2) is 53.4 Å². The van der Waals surface area contributed by atoms with Gasteiger partial charge >= 0.3 is 10.2 Å². The van der Waals surface area contributed by atoms with Gasteiger partial charge in [-0.15, -0.1) is 0 Å². The van der Waals surface area contributed by atoms with Crippen LogP contribution in [-0.2, 0) is 0 Å². The van der Waals surface area contributed by atoms with Crippen molar-refractivity contribution in [1.82, 2.24) is 4.90 Å². The molecule has 0 unspecified atom stereocenters. The Kier molecular flexibility index (Phi) is 4.03. The topological polar surface area (TPSA) is 46.6 Å². The van der Waals surface area contributed by atoms with Crippen LogP contribution in [0, 0.1) is 0 Å². The van der Waals surface area contributed by atoms with Gasteiger partial charge in [0.25, 0.3) is 11.8 Å². The molecule has 0 fully saturated rings. The smallest absolute Gasteiger partial charge is 0.310 e. The molecule has 2 amide bonds. The number of imide groups is 1. The van der Waals surface area contributed by atoms with E-state index < -0.39 is 26.9 Å². The van der Waals surface area contributed by atoms with Gasteiger partial charge in [-0.2, -0.15) is 0 Å². The van der Waals surface area contributed by atoms with Gasteiger partial charge in [0.2, 0.25) is 0 Å². The van der Waals surface area contributed by atoms with Crippen LogP contribution in [0.3, 0.4) is 0 Å². The molecule has 27 heavy (non-hydrogen) atoms. The fraction of sp³-hybridized carbons (Fsp3) is 0.176. The van der Waals surface area contributed by atoms with E-state index in [0.29, 0.717) is 11.1 Å². The molecule has 0 saturated carbocycles. The lowest BCUT2D eigenvalue weighted by Gasteiger charge is -2.40. The fourth-order valence-corrected chi connectivity index (χ4v) is 3.30. The molecule has 0 aliphatic carbocycles. The number of benzene rings is 2. The molecule has 1 aliphatic rings. The summed E-state index contributed by atoms with van der Waals surface area (Å²) >= 11 is 0. The molecule has 0 bridgehead atoms. The van der Waals surface area contributed by atoms with Gasteiger partial charge in [0, 0.05) is 6.54 Å². The normalized spacial score (nSPS) is 16.7. The van der Waals surface area contributed by atoms with E-state index in [0.717, 1.165) is 17.0 Å². The molecular formula is C17H14F5NO3S. The van der Waals surface area contributed by atoms with E-state index in [2.05, 4.69) is 0 Å². The predicted octanol–water partition coefficient (Wildman–Crippen LogP) is 5.41. The van der Waals surface area contributed by atoms with E-state index in [-0.39, 0.29) is 37.5 Å². The van der Waals surface area contributed by atoms with E-state index in [4.69, 9.17) is 4.74 Å². The molecule has 0 aromatic heterocycles. The van der Waals surface area contributed by atoms with Crippen LogP contribution in [0.1, 0.15) is 27.1 Å². The molecule has 2 aromatic rings. The largest absolute Gasteiger partial charge is 0.494 e. The van der Waals surface area contributed by atoms with Crippen molar-refractivity contribution < 1.29 is 33.8 Å². The summed E-state index contributed by atoms with van der Waals surface area (Å²) < 4.78 is 68.4. The Bertz CT molecular complexity index is 878. The van der Waals surface area contributed by atoms with Gasteiger partial charge in [0.05, 0.1) is 17.7 Å². The lowest BCUT2D eigenvalue weighted by molar-refractivity contribution is 0.0646. The third kappa shape index (κ3) is 4.05. The summed E-state index contributed by atoms with van der Waals surface area (Å²) in [7, 11) is -9.70. The van der Waals surface area contributed by atoms with Crippen molar-refractivity contribution >= 4 is 22.0 Å². The number of hydrogen-bond acceptors (Lipinski definition) is 3.